The molecule has 0 bridgehead atoms. The molecule has 74 valence electrons. The lowest BCUT2D eigenvalue weighted by Gasteiger charge is -2.13. The van der Waals surface area contributed by atoms with Crippen molar-refractivity contribution in [3.05, 3.63) is 29.8 Å². The quantitative estimate of drug-likeness (QED) is 0.559. The zero-order valence-corrected chi connectivity index (χ0v) is 9.16. The van der Waals surface area contributed by atoms with E-state index in [9.17, 15) is 8.42 Å². The van der Waals surface area contributed by atoms with Crippen LogP contribution in [0, 0.1) is 0 Å². The molecule has 1 aliphatic heterocycles. The van der Waals surface area contributed by atoms with Gasteiger partial charge in [-0.2, -0.15) is 5.10 Å². The number of nitrogens with zero attached hydrogens (tertiary/aromatic N) is 1. The smallest absolute Gasteiger partial charge is 0.246 e. The van der Waals surface area contributed by atoms with E-state index in [0.717, 1.165) is 4.90 Å². The molecular weight excluding hydrogens is 244 g/mol. The number of halogens is 1. The van der Waals surface area contributed by atoms with Crippen molar-refractivity contribution in [2.45, 2.75) is 4.90 Å². The maximum Gasteiger partial charge on any atom is 0.281 e. The Hall–Kier alpha value is -0.720. The molecule has 7 heteroatoms. The molecule has 4 nitrogen and oxygen atoms in total. The Bertz CT molecular complexity index is 498. The molecule has 14 heavy (non-hydrogen) atoms. The SMILES string of the molecule is O=S(=O)(Cl)C1=NNSc2ccccc21. The van der Waals surface area contributed by atoms with Crippen LogP contribution < -0.4 is 4.83 Å². The van der Waals surface area contributed by atoms with Gasteiger partial charge in [0.25, 0.3) is 9.05 Å². The van der Waals surface area contributed by atoms with Crippen LogP contribution in [0.1, 0.15) is 5.56 Å². The molecule has 0 radical (unpaired) electrons. The van der Waals surface area contributed by atoms with Crippen LogP contribution in [0.3, 0.4) is 0 Å². The number of rotatable bonds is 0. The van der Waals surface area contributed by atoms with Gasteiger partial charge in [-0.05, 0) is 6.07 Å². The molecule has 0 aliphatic carbocycles. The molecule has 0 unspecified atom stereocenters. The van der Waals surface area contributed by atoms with Crippen molar-refractivity contribution >= 4 is 36.7 Å². The largest absolute Gasteiger partial charge is 0.281 e. The van der Waals surface area contributed by atoms with Crippen LogP contribution in [0.25, 0.3) is 0 Å². The fourth-order valence-corrected chi connectivity index (χ4v) is 2.82. The van der Waals surface area contributed by atoms with Gasteiger partial charge in [0.2, 0.25) is 0 Å². The molecule has 0 aromatic heterocycles. The minimum absolute atomic E-state index is 0.131. The van der Waals surface area contributed by atoms with Gasteiger partial charge in [-0.15, -0.1) is 0 Å². The van der Waals surface area contributed by atoms with E-state index in [4.69, 9.17) is 10.7 Å². The third-order valence-corrected chi connectivity index (χ3v) is 3.62. The summed E-state index contributed by atoms with van der Waals surface area (Å²) in [7, 11) is 1.44. The highest BCUT2D eigenvalue weighted by atomic mass is 35.7. The average Bonchev–Trinajstić information content (AvgIpc) is 2.15. The lowest BCUT2D eigenvalue weighted by atomic mass is 10.2. The van der Waals surface area contributed by atoms with Crippen LogP contribution in [-0.4, -0.2) is 13.5 Å². The van der Waals surface area contributed by atoms with Crippen molar-refractivity contribution in [3.63, 3.8) is 0 Å². The first-order chi connectivity index (χ1) is 6.59. The summed E-state index contributed by atoms with van der Waals surface area (Å²) in [4.78, 5) is 3.33. The first kappa shape index (κ1) is 9.82. The third kappa shape index (κ3) is 1.73. The van der Waals surface area contributed by atoms with Crippen LogP contribution in [-0.2, 0) is 9.05 Å². The highest BCUT2D eigenvalue weighted by Crippen LogP contribution is 2.26. The Labute approximate surface area is 89.9 Å². The van der Waals surface area contributed by atoms with E-state index in [1.54, 1.807) is 18.2 Å². The van der Waals surface area contributed by atoms with E-state index in [2.05, 4.69) is 9.93 Å². The van der Waals surface area contributed by atoms with Gasteiger partial charge in [0, 0.05) is 33.1 Å². The minimum atomic E-state index is -3.79. The molecule has 2 rings (SSSR count). The molecule has 1 aliphatic rings. The minimum Gasteiger partial charge on any atom is -0.246 e. The molecule has 0 amide bonds. The second kappa shape index (κ2) is 3.45. The van der Waals surface area contributed by atoms with Crippen molar-refractivity contribution in [2.75, 3.05) is 0 Å². The van der Waals surface area contributed by atoms with Crippen molar-refractivity contribution < 1.29 is 8.42 Å². The van der Waals surface area contributed by atoms with E-state index < -0.39 is 9.05 Å². The fraction of sp³-hybridized carbons (Fsp3) is 0. The number of hydrogen-bond donors (Lipinski definition) is 1. The lowest BCUT2D eigenvalue weighted by molar-refractivity contribution is 0.619. The van der Waals surface area contributed by atoms with Gasteiger partial charge < -0.3 is 0 Å². The number of benzene rings is 1. The third-order valence-electron chi connectivity index (χ3n) is 1.65. The van der Waals surface area contributed by atoms with Gasteiger partial charge >= 0.3 is 0 Å². The molecule has 0 fully saturated rings. The van der Waals surface area contributed by atoms with Crippen molar-refractivity contribution in [1.29, 1.82) is 0 Å². The number of hydrazone groups is 1. The Morgan fingerprint density at radius 2 is 2.07 bits per heavy atom. The average molecular weight is 249 g/mol. The Balaban J connectivity index is 2.62. The van der Waals surface area contributed by atoms with Crippen molar-refractivity contribution in [1.82, 2.24) is 4.83 Å². The van der Waals surface area contributed by atoms with Gasteiger partial charge in [-0.25, -0.2) is 13.2 Å². The van der Waals surface area contributed by atoms with Gasteiger partial charge in [0.05, 0.1) is 0 Å². The number of nitrogens with one attached hydrogen (secondary N) is 1. The molecule has 0 spiro atoms. The molecule has 1 aromatic rings. The first-order valence-electron chi connectivity index (χ1n) is 3.62. The maximum atomic E-state index is 11.1. The molecule has 1 N–H and O–H groups in total. The van der Waals surface area contributed by atoms with Gasteiger partial charge in [-0.3, -0.25) is 0 Å². The number of hydrogen-bond acceptors (Lipinski definition) is 5. The van der Waals surface area contributed by atoms with Crippen molar-refractivity contribution in [2.24, 2.45) is 5.10 Å². The Morgan fingerprint density at radius 3 is 2.79 bits per heavy atom. The lowest BCUT2D eigenvalue weighted by Crippen LogP contribution is -2.18. The monoisotopic (exact) mass is 248 g/mol. The van der Waals surface area contributed by atoms with Crippen LogP contribution in [0.5, 0.6) is 0 Å². The van der Waals surface area contributed by atoms with Crippen LogP contribution >= 0.6 is 22.6 Å². The Morgan fingerprint density at radius 1 is 1.36 bits per heavy atom. The molecule has 1 aromatic carbocycles. The summed E-state index contributed by atoms with van der Waals surface area (Å²) >= 11 is 1.25. The highest BCUT2D eigenvalue weighted by molar-refractivity contribution is 8.26. The van der Waals surface area contributed by atoms with E-state index in [1.807, 2.05) is 6.07 Å². The van der Waals surface area contributed by atoms with E-state index in [-0.39, 0.29) is 5.04 Å². The number of fused-ring (bicyclic) bond motifs is 1. The topological polar surface area (TPSA) is 58.5 Å². The van der Waals surface area contributed by atoms with Gasteiger partial charge in [-0.1, -0.05) is 18.2 Å². The van der Waals surface area contributed by atoms with Crippen LogP contribution in [0.2, 0.25) is 0 Å². The second-order valence-electron chi connectivity index (χ2n) is 2.54. The fourth-order valence-electron chi connectivity index (χ4n) is 1.09. The summed E-state index contributed by atoms with van der Waals surface area (Å²) in [5, 5.41) is 3.52. The summed E-state index contributed by atoms with van der Waals surface area (Å²) < 4.78 is 22.3. The normalized spacial score (nSPS) is 15.4. The highest BCUT2D eigenvalue weighted by Gasteiger charge is 2.24. The molecule has 0 atom stereocenters. The second-order valence-corrected chi connectivity index (χ2v) is 5.85. The van der Waals surface area contributed by atoms with Gasteiger partial charge in [0.1, 0.15) is 0 Å². The first-order valence-corrected chi connectivity index (χ1v) is 6.75. The summed E-state index contributed by atoms with van der Waals surface area (Å²) in [6.45, 7) is 0. The zero-order valence-electron chi connectivity index (χ0n) is 6.77. The maximum absolute atomic E-state index is 11.1. The zero-order chi connectivity index (χ0) is 10.2. The standard InChI is InChI=1S/C7H5ClN2O2S2/c8-14(11,12)7-5-3-1-2-4-6(5)13-10-9-7/h1-4,10H. The summed E-state index contributed by atoms with van der Waals surface area (Å²) in [5.41, 5.74) is 0.534. The van der Waals surface area contributed by atoms with Crippen molar-refractivity contribution in [3.8, 4) is 0 Å². The van der Waals surface area contributed by atoms with Crippen LogP contribution in [0.4, 0.5) is 0 Å². The van der Waals surface area contributed by atoms with Gasteiger partial charge in [0.15, 0.2) is 5.04 Å². The predicted octanol–water partition coefficient (Wildman–Crippen LogP) is 1.53. The predicted molar refractivity (Wildman–Crippen MR) is 56.7 cm³/mol. The summed E-state index contributed by atoms with van der Waals surface area (Å²) in [6.07, 6.45) is 0. The Kier molecular flexibility index (Phi) is 2.42. The molecule has 1 heterocycles. The van der Waals surface area contributed by atoms with Crippen LogP contribution in [0.15, 0.2) is 34.3 Å². The molecule has 0 saturated carbocycles. The summed E-state index contributed by atoms with van der Waals surface area (Å²) in [6, 6.07) is 7.02. The molecule has 0 saturated heterocycles. The van der Waals surface area contributed by atoms with E-state index >= 15 is 0 Å². The van der Waals surface area contributed by atoms with E-state index in [0.29, 0.717) is 5.56 Å². The van der Waals surface area contributed by atoms with E-state index in [1.165, 1.54) is 11.9 Å². The summed E-state index contributed by atoms with van der Waals surface area (Å²) in [5.74, 6) is 0. The molecular formula is C7H5ClN2O2S2.